The lowest BCUT2D eigenvalue weighted by molar-refractivity contribution is -0.137. The molecule has 1 aromatic heterocycles. The first-order valence-corrected chi connectivity index (χ1v) is 8.54. The van der Waals surface area contributed by atoms with E-state index in [1.165, 1.54) is 56.3 Å². The van der Waals surface area contributed by atoms with Gasteiger partial charge in [-0.1, -0.05) is 24.5 Å². The van der Waals surface area contributed by atoms with E-state index in [1.54, 1.807) is 6.20 Å². The summed E-state index contributed by atoms with van der Waals surface area (Å²) in [6.07, 6.45) is 11.0. The lowest BCUT2D eigenvalue weighted by Gasteiger charge is -2.33. The van der Waals surface area contributed by atoms with Crippen LogP contribution in [0.25, 0.3) is 0 Å². The van der Waals surface area contributed by atoms with Gasteiger partial charge in [-0.15, -0.1) is 5.10 Å². The minimum absolute atomic E-state index is 0.111. The second kappa shape index (κ2) is 7.22. The molecule has 22 heavy (non-hydrogen) atoms. The first kappa shape index (κ1) is 15.5. The Balaban J connectivity index is 1.43. The highest BCUT2D eigenvalue weighted by molar-refractivity contribution is 5.66. The molecule has 6 heteroatoms. The maximum atomic E-state index is 10.6. The third-order valence-electron chi connectivity index (χ3n) is 5.25. The van der Waals surface area contributed by atoms with Gasteiger partial charge in [0.05, 0.1) is 5.69 Å². The minimum Gasteiger partial charge on any atom is -0.480 e. The van der Waals surface area contributed by atoms with Gasteiger partial charge >= 0.3 is 5.97 Å². The van der Waals surface area contributed by atoms with Crippen LogP contribution >= 0.6 is 0 Å². The molecule has 0 spiro atoms. The smallest absolute Gasteiger partial charge is 0.325 e. The van der Waals surface area contributed by atoms with Crippen LogP contribution in [0.1, 0.15) is 44.2 Å². The third-order valence-corrected chi connectivity index (χ3v) is 5.25. The zero-order valence-electron chi connectivity index (χ0n) is 13.2. The molecule has 1 saturated heterocycles. The molecule has 2 aliphatic rings. The van der Waals surface area contributed by atoms with Crippen LogP contribution in [0.2, 0.25) is 0 Å². The van der Waals surface area contributed by atoms with Gasteiger partial charge in [-0.25, -0.2) is 4.68 Å². The summed E-state index contributed by atoms with van der Waals surface area (Å²) in [7, 11) is 0. The van der Waals surface area contributed by atoms with Crippen molar-refractivity contribution in [3.63, 3.8) is 0 Å². The van der Waals surface area contributed by atoms with Crippen molar-refractivity contribution in [3.05, 3.63) is 11.9 Å². The average Bonchev–Trinajstić information content (AvgIpc) is 2.72. The predicted molar refractivity (Wildman–Crippen MR) is 82.5 cm³/mol. The van der Waals surface area contributed by atoms with Gasteiger partial charge in [0.1, 0.15) is 6.54 Å². The Labute approximate surface area is 131 Å². The number of aromatic nitrogens is 3. The number of hydrogen-bond acceptors (Lipinski definition) is 4. The fourth-order valence-corrected chi connectivity index (χ4v) is 3.73. The first-order chi connectivity index (χ1) is 10.7. The van der Waals surface area contributed by atoms with Crippen molar-refractivity contribution in [1.82, 2.24) is 19.9 Å². The minimum atomic E-state index is -0.883. The van der Waals surface area contributed by atoms with Crippen LogP contribution in [0.15, 0.2) is 6.20 Å². The van der Waals surface area contributed by atoms with Crippen molar-refractivity contribution in [2.45, 2.75) is 51.5 Å². The van der Waals surface area contributed by atoms with Gasteiger partial charge in [0, 0.05) is 19.2 Å². The number of rotatable bonds is 6. The summed E-state index contributed by atoms with van der Waals surface area (Å²) in [4.78, 5) is 13.2. The van der Waals surface area contributed by atoms with E-state index < -0.39 is 5.97 Å². The molecule has 0 radical (unpaired) electrons. The Morgan fingerprint density at radius 3 is 2.68 bits per heavy atom. The molecule has 1 atom stereocenters. The lowest BCUT2D eigenvalue weighted by Crippen LogP contribution is -2.28. The summed E-state index contributed by atoms with van der Waals surface area (Å²) >= 11 is 0. The Hall–Kier alpha value is -1.43. The van der Waals surface area contributed by atoms with Crippen LogP contribution in [0.3, 0.4) is 0 Å². The summed E-state index contributed by atoms with van der Waals surface area (Å²) in [6.45, 7) is 3.28. The molecule has 3 rings (SSSR count). The number of carboxylic acids is 1. The number of aliphatic carboxylic acids is 1. The Morgan fingerprint density at radius 1 is 1.18 bits per heavy atom. The molecule has 6 nitrogen and oxygen atoms in total. The summed E-state index contributed by atoms with van der Waals surface area (Å²) in [5.41, 5.74) is 0.890. The molecule has 1 saturated carbocycles. The van der Waals surface area contributed by atoms with Gasteiger partial charge in [0.15, 0.2) is 0 Å². The van der Waals surface area contributed by atoms with Crippen LogP contribution < -0.4 is 0 Å². The van der Waals surface area contributed by atoms with E-state index in [2.05, 4.69) is 15.2 Å². The largest absolute Gasteiger partial charge is 0.480 e. The maximum absolute atomic E-state index is 10.6. The second-order valence-corrected chi connectivity index (χ2v) is 6.77. The fraction of sp³-hybridized carbons (Fsp3) is 0.812. The van der Waals surface area contributed by atoms with E-state index in [4.69, 9.17) is 5.11 Å². The molecule has 0 bridgehead atoms. The van der Waals surface area contributed by atoms with E-state index in [-0.39, 0.29) is 6.54 Å². The normalized spacial score (nSPS) is 23.9. The van der Waals surface area contributed by atoms with Gasteiger partial charge in [0.2, 0.25) is 0 Å². The summed E-state index contributed by atoms with van der Waals surface area (Å²) < 4.78 is 1.40. The number of hydrogen-bond donors (Lipinski definition) is 1. The average molecular weight is 306 g/mol. The zero-order chi connectivity index (χ0) is 15.4. The Bertz CT molecular complexity index is 498. The number of nitrogens with zero attached hydrogens (tertiary/aromatic N) is 4. The van der Waals surface area contributed by atoms with E-state index in [1.807, 2.05) is 0 Å². The van der Waals surface area contributed by atoms with Crippen molar-refractivity contribution in [2.24, 2.45) is 11.8 Å². The van der Waals surface area contributed by atoms with Gasteiger partial charge in [-0.05, 0) is 44.2 Å². The van der Waals surface area contributed by atoms with Crippen molar-refractivity contribution in [3.8, 4) is 0 Å². The van der Waals surface area contributed by atoms with E-state index in [9.17, 15) is 4.79 Å². The highest BCUT2D eigenvalue weighted by Gasteiger charge is 2.28. The van der Waals surface area contributed by atoms with Gasteiger partial charge in [-0.3, -0.25) is 4.79 Å². The van der Waals surface area contributed by atoms with Gasteiger partial charge < -0.3 is 10.0 Å². The molecule has 2 heterocycles. The molecule has 1 aliphatic carbocycles. The molecular weight excluding hydrogens is 280 g/mol. The summed E-state index contributed by atoms with van der Waals surface area (Å²) in [5.74, 6) is 1.08. The molecule has 2 fully saturated rings. The quantitative estimate of drug-likeness (QED) is 0.868. The van der Waals surface area contributed by atoms with Crippen LogP contribution in [0.4, 0.5) is 0 Å². The number of carboxylic acid groups (broad SMARTS) is 1. The predicted octanol–water partition coefficient (Wildman–Crippen LogP) is 1.81. The molecule has 1 unspecified atom stereocenters. The number of carbonyl (C=O) groups is 1. The SMILES string of the molecule is O=C(O)Cn1cc(CCN2CCCC(C3CCC3)CC2)nn1. The summed E-state index contributed by atoms with van der Waals surface area (Å²) in [5, 5.41) is 16.7. The molecule has 1 aliphatic heterocycles. The monoisotopic (exact) mass is 306 g/mol. The lowest BCUT2D eigenvalue weighted by atomic mass is 9.73. The van der Waals surface area contributed by atoms with Crippen LogP contribution in [0, 0.1) is 11.8 Å². The molecule has 122 valence electrons. The highest BCUT2D eigenvalue weighted by Crippen LogP contribution is 2.38. The zero-order valence-corrected chi connectivity index (χ0v) is 13.2. The maximum Gasteiger partial charge on any atom is 0.325 e. The first-order valence-electron chi connectivity index (χ1n) is 8.54. The van der Waals surface area contributed by atoms with Crippen LogP contribution in [-0.4, -0.2) is 50.6 Å². The van der Waals surface area contributed by atoms with E-state index >= 15 is 0 Å². The second-order valence-electron chi connectivity index (χ2n) is 6.77. The molecular formula is C16H26N4O2. The molecule has 0 amide bonds. The molecule has 0 aromatic carbocycles. The van der Waals surface area contributed by atoms with Crippen molar-refractivity contribution in [1.29, 1.82) is 0 Å². The van der Waals surface area contributed by atoms with Crippen molar-refractivity contribution >= 4 is 5.97 Å². The topological polar surface area (TPSA) is 71.2 Å². The molecule has 1 N–H and O–H groups in total. The van der Waals surface area contributed by atoms with Crippen molar-refractivity contribution in [2.75, 3.05) is 19.6 Å². The Kier molecular flexibility index (Phi) is 5.08. The summed E-state index contributed by atoms with van der Waals surface area (Å²) in [6, 6.07) is 0. The van der Waals surface area contributed by atoms with Crippen LogP contribution in [-0.2, 0) is 17.8 Å². The van der Waals surface area contributed by atoms with Gasteiger partial charge in [-0.2, -0.15) is 0 Å². The Morgan fingerprint density at radius 2 is 1.95 bits per heavy atom. The van der Waals surface area contributed by atoms with Crippen molar-refractivity contribution < 1.29 is 9.90 Å². The highest BCUT2D eigenvalue weighted by atomic mass is 16.4. The standard InChI is InChI=1S/C16H26N4O2/c21-16(22)12-20-11-15(17-18-20)7-10-19-8-2-5-14(6-9-19)13-3-1-4-13/h11,13-14H,1-10,12H2,(H,21,22). The number of likely N-dealkylation sites (tertiary alicyclic amines) is 1. The molecule has 1 aromatic rings. The van der Waals surface area contributed by atoms with E-state index in [0.717, 1.165) is 30.5 Å². The van der Waals surface area contributed by atoms with E-state index in [0.29, 0.717) is 0 Å². The van der Waals surface area contributed by atoms with Gasteiger partial charge in [0.25, 0.3) is 0 Å². The van der Waals surface area contributed by atoms with Crippen LogP contribution in [0.5, 0.6) is 0 Å². The fourth-order valence-electron chi connectivity index (χ4n) is 3.73. The third kappa shape index (κ3) is 4.06.